The van der Waals surface area contributed by atoms with E-state index in [0.717, 1.165) is 26.5 Å². The van der Waals surface area contributed by atoms with Crippen LogP contribution >= 0.6 is 31.9 Å². The molecule has 0 saturated carbocycles. The average molecular weight is 494 g/mol. The molecule has 0 fully saturated rings. The van der Waals surface area contributed by atoms with Crippen molar-refractivity contribution in [1.29, 1.82) is 0 Å². The summed E-state index contributed by atoms with van der Waals surface area (Å²) in [5, 5.41) is 0. The highest BCUT2D eigenvalue weighted by atomic mass is 79.9. The third kappa shape index (κ3) is 6.93. The molecule has 0 aromatic heterocycles. The van der Waals surface area contributed by atoms with Crippen molar-refractivity contribution in [3.05, 3.63) is 75.8 Å². The highest BCUT2D eigenvalue weighted by Crippen LogP contribution is 2.30. The van der Waals surface area contributed by atoms with Crippen LogP contribution in [0.15, 0.2) is 59.1 Å². The quantitative estimate of drug-likeness (QED) is 0.367. The van der Waals surface area contributed by atoms with Gasteiger partial charge in [-0.15, -0.1) is 0 Å². The van der Waals surface area contributed by atoms with Gasteiger partial charge in [-0.3, -0.25) is 4.79 Å². The van der Waals surface area contributed by atoms with E-state index in [1.807, 2.05) is 49.4 Å². The molecule has 0 heterocycles. The lowest BCUT2D eigenvalue weighted by Crippen LogP contribution is -2.14. The van der Waals surface area contributed by atoms with Crippen LogP contribution in [0.1, 0.15) is 49.8 Å². The zero-order valence-corrected chi connectivity index (χ0v) is 19.2. The Morgan fingerprint density at radius 3 is 2.19 bits per heavy atom. The van der Waals surface area contributed by atoms with Gasteiger partial charge in [0.1, 0.15) is 0 Å². The Bertz CT molecular complexity index is 765. The first-order chi connectivity index (χ1) is 12.9. The van der Waals surface area contributed by atoms with Crippen LogP contribution in [-0.4, -0.2) is 12.6 Å². The Morgan fingerprint density at radius 1 is 0.963 bits per heavy atom. The number of carbonyl (C=O) groups is 1. The van der Waals surface area contributed by atoms with Gasteiger partial charge in [0.05, 0.1) is 12.5 Å². The van der Waals surface area contributed by atoms with Crippen LogP contribution in [-0.2, 0) is 16.0 Å². The first-order valence-electron chi connectivity index (χ1n) is 9.23. The molecule has 0 aliphatic rings. The molecule has 1 unspecified atom stereocenters. The van der Waals surface area contributed by atoms with E-state index in [9.17, 15) is 4.79 Å². The Hall–Kier alpha value is -1.39. The zero-order chi connectivity index (χ0) is 19.8. The maximum Gasteiger partial charge on any atom is 0.313 e. The molecular weight excluding hydrogens is 468 g/mol. The second-order valence-corrected chi connectivity index (χ2v) is 8.81. The molecule has 2 aromatic rings. The second kappa shape index (κ2) is 10.8. The number of esters is 1. The molecule has 2 aromatic carbocycles. The molecule has 2 nitrogen and oxygen atoms in total. The summed E-state index contributed by atoms with van der Waals surface area (Å²) < 4.78 is 7.44. The summed E-state index contributed by atoms with van der Waals surface area (Å²) in [5.74, 6) is 0.168. The van der Waals surface area contributed by atoms with Crippen LogP contribution in [0.2, 0.25) is 0 Å². The molecule has 0 aliphatic carbocycles. The lowest BCUT2D eigenvalue weighted by molar-refractivity contribution is -0.144. The minimum Gasteiger partial charge on any atom is -0.465 e. The fourth-order valence-corrected chi connectivity index (χ4v) is 3.62. The first-order valence-corrected chi connectivity index (χ1v) is 10.8. The summed E-state index contributed by atoms with van der Waals surface area (Å²) in [6, 6.07) is 18.3. The number of benzene rings is 2. The van der Waals surface area contributed by atoms with Crippen LogP contribution < -0.4 is 0 Å². The summed E-state index contributed by atoms with van der Waals surface area (Å²) in [5.41, 5.74) is 3.38. The van der Waals surface area contributed by atoms with Gasteiger partial charge in [0.15, 0.2) is 0 Å². The van der Waals surface area contributed by atoms with Crippen LogP contribution in [0, 0.1) is 5.92 Å². The van der Waals surface area contributed by atoms with E-state index < -0.39 is 0 Å². The maximum absolute atomic E-state index is 12.4. The van der Waals surface area contributed by atoms with E-state index in [0.29, 0.717) is 18.9 Å². The number of hydrogen-bond acceptors (Lipinski definition) is 2. The molecule has 0 radical (unpaired) electrons. The topological polar surface area (TPSA) is 26.3 Å². The van der Waals surface area contributed by atoms with Gasteiger partial charge in [0, 0.05) is 15.4 Å². The van der Waals surface area contributed by atoms with Gasteiger partial charge in [-0.05, 0) is 51.9 Å². The predicted octanol–water partition coefficient (Wildman–Crippen LogP) is 7.08. The Morgan fingerprint density at radius 2 is 1.59 bits per heavy atom. The molecule has 0 N–H and O–H groups in total. The van der Waals surface area contributed by atoms with Crippen molar-refractivity contribution in [3.8, 4) is 0 Å². The average Bonchev–Trinajstić information content (AvgIpc) is 2.67. The highest BCUT2D eigenvalue weighted by molar-refractivity contribution is 9.16. The van der Waals surface area contributed by atoms with Gasteiger partial charge in [-0.1, -0.05) is 84.4 Å². The summed E-state index contributed by atoms with van der Waals surface area (Å²) in [7, 11) is 0. The van der Waals surface area contributed by atoms with E-state index in [1.165, 1.54) is 5.56 Å². The Labute approximate surface area is 179 Å². The minimum atomic E-state index is -0.265. The molecule has 0 bridgehead atoms. The standard InChI is InChI=1S/C23H26Br2O2/c1-16(2)15-18-9-11-19(12-10-18)17(3)23(26)27-14-13-21(24)22(25)20-7-5-4-6-8-20/h4-12,16-17H,13-15H2,1-3H3/b22-21+. The summed E-state index contributed by atoms with van der Waals surface area (Å²) in [6.45, 7) is 6.65. The Kier molecular flexibility index (Phi) is 8.78. The fourth-order valence-electron chi connectivity index (χ4n) is 2.77. The lowest BCUT2D eigenvalue weighted by Gasteiger charge is -2.13. The summed E-state index contributed by atoms with van der Waals surface area (Å²) in [6.07, 6.45) is 1.68. The predicted molar refractivity (Wildman–Crippen MR) is 120 cm³/mol. The van der Waals surface area contributed by atoms with Crippen LogP contribution in [0.25, 0.3) is 4.48 Å². The third-order valence-electron chi connectivity index (χ3n) is 4.31. The second-order valence-electron chi connectivity index (χ2n) is 7.06. The number of ether oxygens (including phenoxy) is 1. The van der Waals surface area contributed by atoms with E-state index >= 15 is 0 Å². The highest BCUT2D eigenvalue weighted by Gasteiger charge is 2.17. The molecule has 4 heteroatoms. The monoisotopic (exact) mass is 492 g/mol. The SMILES string of the molecule is CC(C)Cc1ccc(C(C)C(=O)OCC/C(Br)=C(\Br)c2ccccc2)cc1. The fraction of sp³-hybridized carbons (Fsp3) is 0.348. The molecule has 0 spiro atoms. The van der Waals surface area contributed by atoms with E-state index in [-0.39, 0.29) is 11.9 Å². The smallest absolute Gasteiger partial charge is 0.313 e. The van der Waals surface area contributed by atoms with E-state index in [4.69, 9.17) is 4.74 Å². The van der Waals surface area contributed by atoms with Gasteiger partial charge < -0.3 is 4.74 Å². The molecular formula is C23H26Br2O2. The zero-order valence-electron chi connectivity index (χ0n) is 16.0. The largest absolute Gasteiger partial charge is 0.465 e. The number of hydrogen-bond donors (Lipinski definition) is 0. The minimum absolute atomic E-state index is 0.192. The normalized spacial score (nSPS) is 13.3. The molecule has 0 saturated heterocycles. The maximum atomic E-state index is 12.4. The van der Waals surface area contributed by atoms with Gasteiger partial charge in [0.25, 0.3) is 0 Å². The van der Waals surface area contributed by atoms with E-state index in [1.54, 1.807) is 0 Å². The number of rotatable bonds is 8. The first kappa shape index (κ1) is 21.9. The van der Waals surface area contributed by atoms with Gasteiger partial charge in [0.2, 0.25) is 0 Å². The van der Waals surface area contributed by atoms with Crippen molar-refractivity contribution in [2.45, 2.75) is 39.5 Å². The van der Waals surface area contributed by atoms with E-state index in [2.05, 4.69) is 57.8 Å². The molecule has 0 amide bonds. The molecule has 0 aliphatic heterocycles. The van der Waals surface area contributed by atoms with Gasteiger partial charge in [-0.2, -0.15) is 0 Å². The van der Waals surface area contributed by atoms with Crippen molar-refractivity contribution in [1.82, 2.24) is 0 Å². The lowest BCUT2D eigenvalue weighted by atomic mass is 9.97. The van der Waals surface area contributed by atoms with Crippen molar-refractivity contribution < 1.29 is 9.53 Å². The van der Waals surface area contributed by atoms with Crippen LogP contribution in [0.3, 0.4) is 0 Å². The van der Waals surface area contributed by atoms with Gasteiger partial charge >= 0.3 is 5.97 Å². The van der Waals surface area contributed by atoms with Crippen molar-refractivity contribution in [2.24, 2.45) is 5.92 Å². The molecule has 144 valence electrons. The van der Waals surface area contributed by atoms with Crippen molar-refractivity contribution in [3.63, 3.8) is 0 Å². The molecule has 2 rings (SSSR count). The Balaban J connectivity index is 1.87. The third-order valence-corrected chi connectivity index (χ3v) is 6.57. The van der Waals surface area contributed by atoms with Crippen LogP contribution in [0.5, 0.6) is 0 Å². The van der Waals surface area contributed by atoms with Crippen LogP contribution in [0.4, 0.5) is 0 Å². The summed E-state index contributed by atoms with van der Waals surface area (Å²) in [4.78, 5) is 12.4. The number of halogens is 2. The summed E-state index contributed by atoms with van der Waals surface area (Å²) >= 11 is 7.18. The van der Waals surface area contributed by atoms with Crippen molar-refractivity contribution in [2.75, 3.05) is 6.61 Å². The molecule has 27 heavy (non-hydrogen) atoms. The molecule has 1 atom stereocenters. The van der Waals surface area contributed by atoms with Gasteiger partial charge in [-0.25, -0.2) is 0 Å². The van der Waals surface area contributed by atoms with Crippen molar-refractivity contribution >= 4 is 42.3 Å². The number of carbonyl (C=O) groups excluding carboxylic acids is 1.